The lowest BCUT2D eigenvalue weighted by atomic mass is 9.85. The third-order valence-corrected chi connectivity index (χ3v) is 7.23. The zero-order valence-corrected chi connectivity index (χ0v) is 28.9. The van der Waals surface area contributed by atoms with E-state index in [1.54, 1.807) is 0 Å². The molecule has 4 heteroatoms. The summed E-state index contributed by atoms with van der Waals surface area (Å²) >= 11 is 0. The Bertz CT molecular complexity index is 1830. The highest BCUT2D eigenvalue weighted by Gasteiger charge is 2.22. The highest BCUT2D eigenvalue weighted by atomic mass is 16.5. The van der Waals surface area contributed by atoms with E-state index in [-0.39, 0.29) is 18.0 Å². The van der Waals surface area contributed by atoms with Crippen LogP contribution in [0.1, 0.15) is 87.8 Å². The number of hydrogen-bond acceptors (Lipinski definition) is 4. The van der Waals surface area contributed by atoms with Crippen LogP contribution >= 0.6 is 0 Å². The van der Waals surface area contributed by atoms with Crippen LogP contribution in [0.5, 0.6) is 0 Å². The first-order valence-electron chi connectivity index (χ1n) is 16.4. The summed E-state index contributed by atoms with van der Waals surface area (Å²) in [5.74, 6) is 11.3. The number of rotatable bonds is 9. The average Bonchev–Trinajstić information content (AvgIpc) is 3.07. The fraction of sp³-hybridized carbons (Fsp3) is 0.273. The van der Waals surface area contributed by atoms with E-state index in [1.807, 2.05) is 69.3 Å². The Morgan fingerprint density at radius 3 is 1.40 bits per heavy atom. The first kappa shape index (κ1) is 35.5. The number of unbranched alkanes of at least 4 members (excludes halogenated alkanes) is 1. The summed E-state index contributed by atoms with van der Waals surface area (Å²) in [5, 5.41) is 0. The highest BCUT2D eigenvalue weighted by molar-refractivity contribution is 6.04. The zero-order chi connectivity index (χ0) is 34.6. The number of carbonyl (C=O) groups is 2. The van der Waals surface area contributed by atoms with Gasteiger partial charge in [0.15, 0.2) is 0 Å². The summed E-state index contributed by atoms with van der Waals surface area (Å²) < 4.78 is 10.5. The van der Waals surface area contributed by atoms with Crippen molar-refractivity contribution in [2.45, 2.75) is 54.4 Å². The fourth-order valence-electron chi connectivity index (χ4n) is 4.73. The Morgan fingerprint density at radius 2 is 0.958 bits per heavy atom. The van der Waals surface area contributed by atoms with E-state index in [4.69, 9.17) is 9.47 Å². The Morgan fingerprint density at radius 1 is 0.542 bits per heavy atom. The third kappa shape index (κ3) is 10.9. The van der Waals surface area contributed by atoms with Gasteiger partial charge in [0, 0.05) is 22.5 Å². The molecule has 0 aliphatic carbocycles. The maximum Gasteiger partial charge on any atom is 0.384 e. The smallest absolute Gasteiger partial charge is 0.384 e. The zero-order valence-electron chi connectivity index (χ0n) is 28.9. The largest absolute Gasteiger partial charge is 0.465 e. The van der Waals surface area contributed by atoms with Crippen LogP contribution in [0.2, 0.25) is 0 Å². The van der Waals surface area contributed by atoms with Crippen LogP contribution in [-0.2, 0) is 19.1 Å². The van der Waals surface area contributed by atoms with E-state index in [9.17, 15) is 9.59 Å². The molecule has 0 spiro atoms. The van der Waals surface area contributed by atoms with Crippen molar-refractivity contribution < 1.29 is 19.1 Å². The lowest BCUT2D eigenvalue weighted by molar-refractivity contribution is -0.153. The summed E-state index contributed by atoms with van der Waals surface area (Å²) in [7, 11) is 0. The van der Waals surface area contributed by atoms with Gasteiger partial charge in [0.2, 0.25) is 0 Å². The van der Waals surface area contributed by atoms with E-state index in [2.05, 4.69) is 105 Å². The summed E-state index contributed by atoms with van der Waals surface area (Å²) in [6.07, 6.45) is 1.20. The van der Waals surface area contributed by atoms with Gasteiger partial charge in [-0.05, 0) is 112 Å². The summed E-state index contributed by atoms with van der Waals surface area (Å²) in [4.78, 5) is 24.1. The molecule has 0 radical (unpaired) electrons. The first-order chi connectivity index (χ1) is 22.9. The van der Waals surface area contributed by atoms with Crippen LogP contribution in [0, 0.1) is 34.5 Å². The van der Waals surface area contributed by atoms with Crippen LogP contribution in [-0.4, -0.2) is 25.2 Å². The molecule has 0 aromatic heterocycles. The minimum absolute atomic E-state index is 0.0733. The van der Waals surface area contributed by atoms with Gasteiger partial charge in [-0.1, -0.05) is 103 Å². The van der Waals surface area contributed by atoms with E-state index in [0.717, 1.165) is 39.0 Å². The fourth-order valence-corrected chi connectivity index (χ4v) is 4.73. The summed E-state index contributed by atoms with van der Waals surface area (Å²) in [6.45, 7) is 12.3. The van der Waals surface area contributed by atoms with Crippen molar-refractivity contribution in [3.8, 4) is 23.7 Å². The van der Waals surface area contributed by atoms with Gasteiger partial charge in [-0.2, -0.15) is 0 Å². The second kappa shape index (κ2) is 16.5. The summed E-state index contributed by atoms with van der Waals surface area (Å²) in [5.41, 5.74) is 7.57. The van der Waals surface area contributed by atoms with Crippen molar-refractivity contribution in [3.05, 3.63) is 143 Å². The molecule has 4 rings (SSSR count). The van der Waals surface area contributed by atoms with Gasteiger partial charge in [-0.3, -0.25) is 4.79 Å². The second-order valence-electron chi connectivity index (χ2n) is 13.6. The van der Waals surface area contributed by atoms with Crippen molar-refractivity contribution in [3.63, 3.8) is 0 Å². The lowest BCUT2D eigenvalue weighted by Crippen LogP contribution is -2.23. The molecule has 0 N–H and O–H groups in total. The molecule has 4 aromatic carbocycles. The molecule has 0 saturated heterocycles. The van der Waals surface area contributed by atoms with Gasteiger partial charge >= 0.3 is 11.9 Å². The number of carbonyl (C=O) groups excluding carboxylic acids is 2. The van der Waals surface area contributed by atoms with Gasteiger partial charge in [0.05, 0.1) is 18.6 Å². The Labute approximate surface area is 286 Å². The van der Waals surface area contributed by atoms with Crippen molar-refractivity contribution in [1.29, 1.82) is 0 Å². The van der Waals surface area contributed by atoms with E-state index in [0.29, 0.717) is 25.0 Å². The van der Waals surface area contributed by atoms with E-state index in [1.165, 1.54) is 0 Å². The topological polar surface area (TPSA) is 52.6 Å². The van der Waals surface area contributed by atoms with Crippen LogP contribution < -0.4 is 0 Å². The normalized spacial score (nSPS) is 11.6. The van der Waals surface area contributed by atoms with Crippen LogP contribution in [0.4, 0.5) is 0 Å². The average molecular weight is 637 g/mol. The molecule has 0 saturated carbocycles. The van der Waals surface area contributed by atoms with Gasteiger partial charge in [0.25, 0.3) is 0 Å². The predicted octanol–water partition coefficient (Wildman–Crippen LogP) is 9.36. The molecule has 4 nitrogen and oxygen atoms in total. The maximum absolute atomic E-state index is 12.3. The van der Waals surface area contributed by atoms with Crippen molar-refractivity contribution in [1.82, 2.24) is 0 Å². The standard InChI is InChI=1S/C44H44O4/c1-43(2,3)30-29-34-21-26-38(27-22-34)41(36-17-11-8-12-18-36)40(35-15-9-7-10-16-35)37-24-19-33(20-25-37)23-28-39(45)47-31-13-14-32-48-42(46)44(4,5)6/h7-12,15-22,24-27H,13-14,31-32H2,1-6H3/b41-40+. The quantitative estimate of drug-likeness (QED) is 0.0795. The molecule has 0 amide bonds. The molecular weight excluding hydrogens is 592 g/mol. The van der Waals surface area contributed by atoms with Crippen LogP contribution in [0.25, 0.3) is 11.1 Å². The van der Waals surface area contributed by atoms with Crippen LogP contribution in [0.15, 0.2) is 109 Å². The Hall–Kier alpha value is -5.32. The maximum atomic E-state index is 12.3. The van der Waals surface area contributed by atoms with Gasteiger partial charge < -0.3 is 9.47 Å². The molecule has 0 atom stereocenters. The summed E-state index contributed by atoms with van der Waals surface area (Å²) in [6, 6.07) is 37.2. The van der Waals surface area contributed by atoms with Crippen molar-refractivity contribution >= 4 is 23.1 Å². The van der Waals surface area contributed by atoms with Crippen LogP contribution in [0.3, 0.4) is 0 Å². The molecule has 0 heterocycles. The molecule has 0 unspecified atom stereocenters. The molecule has 244 valence electrons. The minimum atomic E-state index is -0.586. The molecule has 48 heavy (non-hydrogen) atoms. The molecule has 0 fully saturated rings. The molecule has 4 aromatic rings. The second-order valence-corrected chi connectivity index (χ2v) is 13.6. The molecular formula is C44H44O4. The minimum Gasteiger partial charge on any atom is -0.465 e. The number of hydrogen-bond donors (Lipinski definition) is 0. The lowest BCUT2D eigenvalue weighted by Gasteiger charge is -2.18. The monoisotopic (exact) mass is 636 g/mol. The SMILES string of the molecule is CC(C)(C)C#Cc1ccc(/C(=C(\c2ccccc2)c2ccc(C#CC(=O)OCCCCOC(=O)C(C)(C)C)cc2)c2ccccc2)cc1. The van der Waals surface area contributed by atoms with E-state index >= 15 is 0 Å². The van der Waals surface area contributed by atoms with Gasteiger partial charge in [-0.15, -0.1) is 0 Å². The number of ether oxygens (including phenoxy) is 2. The molecule has 0 aliphatic rings. The van der Waals surface area contributed by atoms with Gasteiger partial charge in [0.1, 0.15) is 0 Å². The highest BCUT2D eigenvalue weighted by Crippen LogP contribution is 2.37. The van der Waals surface area contributed by atoms with Crippen molar-refractivity contribution in [2.75, 3.05) is 13.2 Å². The molecule has 0 bridgehead atoms. The Kier molecular flexibility index (Phi) is 12.2. The van der Waals surface area contributed by atoms with E-state index < -0.39 is 11.4 Å². The first-order valence-corrected chi connectivity index (χ1v) is 16.4. The molecule has 0 aliphatic heterocycles. The predicted molar refractivity (Wildman–Crippen MR) is 195 cm³/mol. The number of esters is 2. The van der Waals surface area contributed by atoms with Crippen molar-refractivity contribution in [2.24, 2.45) is 10.8 Å². The third-order valence-electron chi connectivity index (χ3n) is 7.23. The van der Waals surface area contributed by atoms with Gasteiger partial charge in [-0.25, -0.2) is 4.79 Å². The number of benzene rings is 4. The Balaban J connectivity index is 1.58.